The number of fused-ring (bicyclic) bond motifs is 1. The number of benzene rings is 1. The molecule has 0 amide bonds. The zero-order valence-electron chi connectivity index (χ0n) is 6.55. The van der Waals surface area contributed by atoms with Gasteiger partial charge < -0.3 is 5.11 Å². The summed E-state index contributed by atoms with van der Waals surface area (Å²) >= 11 is 3.42. The van der Waals surface area contributed by atoms with E-state index in [-0.39, 0.29) is 6.23 Å². The van der Waals surface area contributed by atoms with Crippen molar-refractivity contribution in [2.45, 2.75) is 19.2 Å². The Morgan fingerprint density at radius 3 is 3.08 bits per heavy atom. The lowest BCUT2D eigenvalue weighted by atomic mass is 10.0. The number of aliphatic hydroxyl groups excluding tert-OH is 1. The van der Waals surface area contributed by atoms with Gasteiger partial charge in [0.15, 0.2) is 0 Å². The lowest BCUT2D eigenvalue weighted by Gasteiger charge is -2.21. The summed E-state index contributed by atoms with van der Waals surface area (Å²) < 4.78 is 1.10. The molecule has 2 N–H and O–H groups in total. The normalized spacial score (nSPS) is 22.0. The highest BCUT2D eigenvalue weighted by Gasteiger charge is 2.14. The zero-order valence-corrected chi connectivity index (χ0v) is 8.13. The Balaban J connectivity index is 2.37. The first kappa shape index (κ1) is 8.23. The second-order valence-corrected chi connectivity index (χ2v) is 3.93. The van der Waals surface area contributed by atoms with E-state index >= 15 is 0 Å². The van der Waals surface area contributed by atoms with Gasteiger partial charge in [-0.3, -0.25) is 5.32 Å². The molecule has 2 rings (SSSR count). The predicted octanol–water partition coefficient (Wildman–Crippen LogP) is 1.41. The lowest BCUT2D eigenvalue weighted by molar-refractivity contribution is 0.128. The van der Waals surface area contributed by atoms with Gasteiger partial charge in [0.1, 0.15) is 6.23 Å². The maximum absolute atomic E-state index is 9.30. The summed E-state index contributed by atoms with van der Waals surface area (Å²) in [5.41, 5.74) is 2.51. The van der Waals surface area contributed by atoms with Gasteiger partial charge >= 0.3 is 0 Å². The first-order chi connectivity index (χ1) is 5.75. The molecule has 0 bridgehead atoms. The summed E-state index contributed by atoms with van der Waals surface area (Å²) in [6.07, 6.45) is 0.335. The van der Waals surface area contributed by atoms with Crippen LogP contribution in [0, 0.1) is 0 Å². The summed E-state index contributed by atoms with van der Waals surface area (Å²) in [5.74, 6) is 0. The monoisotopic (exact) mass is 227 g/mol. The van der Waals surface area contributed by atoms with E-state index in [1.54, 1.807) is 0 Å². The molecule has 0 fully saturated rings. The highest BCUT2D eigenvalue weighted by atomic mass is 79.9. The Bertz CT molecular complexity index is 301. The van der Waals surface area contributed by atoms with Gasteiger partial charge in [0.25, 0.3) is 0 Å². The zero-order chi connectivity index (χ0) is 8.55. The number of hydrogen-bond acceptors (Lipinski definition) is 2. The standard InChI is InChI=1S/C9H10BrNO/c10-8-2-1-6-4-9(12)11-5-7(6)3-8/h1-3,9,11-12H,4-5H2. The molecule has 0 saturated heterocycles. The highest BCUT2D eigenvalue weighted by molar-refractivity contribution is 9.10. The molecule has 1 aromatic carbocycles. The molecular formula is C9H10BrNO. The van der Waals surface area contributed by atoms with Crippen LogP contribution in [0.4, 0.5) is 0 Å². The van der Waals surface area contributed by atoms with E-state index in [1.165, 1.54) is 11.1 Å². The first-order valence-corrected chi connectivity index (χ1v) is 4.74. The van der Waals surface area contributed by atoms with Gasteiger partial charge in [-0.05, 0) is 23.3 Å². The summed E-state index contributed by atoms with van der Waals surface area (Å²) in [5, 5.41) is 12.3. The molecule has 1 atom stereocenters. The molecule has 1 aliphatic rings. The topological polar surface area (TPSA) is 32.3 Å². The van der Waals surface area contributed by atoms with Gasteiger partial charge in [-0.1, -0.05) is 22.0 Å². The van der Waals surface area contributed by atoms with E-state index in [2.05, 4.69) is 33.4 Å². The van der Waals surface area contributed by atoms with Gasteiger partial charge in [0, 0.05) is 17.4 Å². The van der Waals surface area contributed by atoms with E-state index < -0.39 is 0 Å². The fraction of sp³-hybridized carbons (Fsp3) is 0.333. The third-order valence-electron chi connectivity index (χ3n) is 2.11. The molecule has 1 aromatic rings. The van der Waals surface area contributed by atoms with Gasteiger partial charge in [0.2, 0.25) is 0 Å². The predicted molar refractivity (Wildman–Crippen MR) is 50.7 cm³/mol. The van der Waals surface area contributed by atoms with E-state index in [9.17, 15) is 5.11 Å². The number of rotatable bonds is 0. The average molecular weight is 228 g/mol. The second kappa shape index (κ2) is 3.17. The van der Waals surface area contributed by atoms with Gasteiger partial charge in [-0.2, -0.15) is 0 Å². The lowest BCUT2D eigenvalue weighted by Crippen LogP contribution is -2.34. The molecule has 2 nitrogen and oxygen atoms in total. The number of hydrogen-bond donors (Lipinski definition) is 2. The molecule has 1 heterocycles. The maximum atomic E-state index is 9.30. The van der Waals surface area contributed by atoms with E-state index in [0.29, 0.717) is 6.42 Å². The molecule has 0 saturated carbocycles. The molecule has 0 radical (unpaired) electrons. The van der Waals surface area contributed by atoms with Crippen LogP contribution >= 0.6 is 15.9 Å². The molecule has 64 valence electrons. The maximum Gasteiger partial charge on any atom is 0.109 e. The molecule has 1 aliphatic heterocycles. The van der Waals surface area contributed by atoms with Crippen molar-refractivity contribution in [1.29, 1.82) is 0 Å². The Hall–Kier alpha value is -0.380. The second-order valence-electron chi connectivity index (χ2n) is 3.01. The van der Waals surface area contributed by atoms with Crippen LogP contribution in [0.1, 0.15) is 11.1 Å². The number of halogens is 1. The third kappa shape index (κ3) is 1.53. The summed E-state index contributed by atoms with van der Waals surface area (Å²) in [6.45, 7) is 0.760. The van der Waals surface area contributed by atoms with Gasteiger partial charge in [-0.15, -0.1) is 0 Å². The van der Waals surface area contributed by atoms with Crippen molar-refractivity contribution in [3.8, 4) is 0 Å². The summed E-state index contributed by atoms with van der Waals surface area (Å²) in [6, 6.07) is 6.16. The van der Waals surface area contributed by atoms with Gasteiger partial charge in [0.05, 0.1) is 0 Å². The van der Waals surface area contributed by atoms with Crippen LogP contribution in [0.2, 0.25) is 0 Å². The summed E-state index contributed by atoms with van der Waals surface area (Å²) in [7, 11) is 0. The average Bonchev–Trinajstić information content (AvgIpc) is 2.05. The fourth-order valence-corrected chi connectivity index (χ4v) is 1.87. The summed E-state index contributed by atoms with van der Waals surface area (Å²) in [4.78, 5) is 0. The van der Waals surface area contributed by atoms with E-state index in [0.717, 1.165) is 11.0 Å². The minimum atomic E-state index is -0.376. The van der Waals surface area contributed by atoms with Crippen molar-refractivity contribution < 1.29 is 5.11 Å². The first-order valence-electron chi connectivity index (χ1n) is 3.94. The Morgan fingerprint density at radius 1 is 1.42 bits per heavy atom. The fourth-order valence-electron chi connectivity index (χ4n) is 1.47. The molecule has 0 aliphatic carbocycles. The van der Waals surface area contributed by atoms with Crippen LogP contribution in [0.5, 0.6) is 0 Å². The molecule has 0 aromatic heterocycles. The molecular weight excluding hydrogens is 218 g/mol. The van der Waals surface area contributed by atoms with Crippen LogP contribution in [-0.2, 0) is 13.0 Å². The van der Waals surface area contributed by atoms with E-state index in [4.69, 9.17) is 0 Å². The third-order valence-corrected chi connectivity index (χ3v) is 2.60. The van der Waals surface area contributed by atoms with E-state index in [1.807, 2.05) is 6.07 Å². The van der Waals surface area contributed by atoms with Crippen LogP contribution in [-0.4, -0.2) is 11.3 Å². The highest BCUT2D eigenvalue weighted by Crippen LogP contribution is 2.20. The van der Waals surface area contributed by atoms with Crippen molar-refractivity contribution in [2.24, 2.45) is 0 Å². The van der Waals surface area contributed by atoms with Crippen molar-refractivity contribution in [3.05, 3.63) is 33.8 Å². The minimum absolute atomic E-state index is 0.376. The number of nitrogens with one attached hydrogen (secondary N) is 1. The largest absolute Gasteiger partial charge is 0.378 e. The Kier molecular flexibility index (Phi) is 2.17. The Labute approximate surface area is 79.7 Å². The van der Waals surface area contributed by atoms with Crippen LogP contribution in [0.15, 0.2) is 22.7 Å². The van der Waals surface area contributed by atoms with Crippen LogP contribution in [0.25, 0.3) is 0 Å². The SMILES string of the molecule is OC1Cc2ccc(Br)cc2CN1. The van der Waals surface area contributed by atoms with Crippen molar-refractivity contribution in [1.82, 2.24) is 5.32 Å². The molecule has 12 heavy (non-hydrogen) atoms. The number of aliphatic hydroxyl groups is 1. The van der Waals surface area contributed by atoms with Crippen LogP contribution in [0.3, 0.4) is 0 Å². The molecule has 1 unspecified atom stereocenters. The van der Waals surface area contributed by atoms with Crippen molar-refractivity contribution in [2.75, 3.05) is 0 Å². The smallest absolute Gasteiger partial charge is 0.109 e. The minimum Gasteiger partial charge on any atom is -0.378 e. The van der Waals surface area contributed by atoms with Crippen molar-refractivity contribution in [3.63, 3.8) is 0 Å². The molecule has 0 spiro atoms. The molecule has 3 heteroatoms. The Morgan fingerprint density at radius 2 is 2.25 bits per heavy atom. The van der Waals surface area contributed by atoms with Crippen LogP contribution < -0.4 is 5.32 Å². The van der Waals surface area contributed by atoms with Gasteiger partial charge in [-0.25, -0.2) is 0 Å². The van der Waals surface area contributed by atoms with Crippen molar-refractivity contribution >= 4 is 15.9 Å². The quantitative estimate of drug-likeness (QED) is 0.703.